The summed E-state index contributed by atoms with van der Waals surface area (Å²) in [5.74, 6) is 0. The van der Waals surface area contributed by atoms with Gasteiger partial charge in [0.25, 0.3) is 0 Å². The van der Waals surface area contributed by atoms with Gasteiger partial charge in [-0.2, -0.15) is 0 Å². The van der Waals surface area contributed by atoms with Gasteiger partial charge < -0.3 is 14.8 Å². The lowest BCUT2D eigenvalue weighted by molar-refractivity contribution is 0.0654. The molecule has 1 unspecified atom stereocenters. The second-order valence-electron chi connectivity index (χ2n) is 4.50. The molecule has 0 aromatic heterocycles. The summed E-state index contributed by atoms with van der Waals surface area (Å²) >= 11 is 0. The van der Waals surface area contributed by atoms with Gasteiger partial charge in [-0.25, -0.2) is 0 Å². The third-order valence-electron chi connectivity index (χ3n) is 2.94. The first kappa shape index (κ1) is 16.9. The van der Waals surface area contributed by atoms with Crippen molar-refractivity contribution in [2.75, 3.05) is 33.5 Å². The van der Waals surface area contributed by atoms with Crippen molar-refractivity contribution >= 4 is 0 Å². The zero-order valence-electron chi connectivity index (χ0n) is 12.0. The van der Waals surface area contributed by atoms with Crippen molar-refractivity contribution in [1.82, 2.24) is 5.32 Å². The Hall–Kier alpha value is -0.120. The first-order valence-corrected chi connectivity index (χ1v) is 7.15. The maximum Gasteiger partial charge on any atom is 0.0700 e. The largest absolute Gasteiger partial charge is 0.382 e. The molecule has 0 fully saturated rings. The number of hydrogen-bond donors (Lipinski definition) is 1. The van der Waals surface area contributed by atoms with E-state index >= 15 is 0 Å². The van der Waals surface area contributed by atoms with Gasteiger partial charge >= 0.3 is 0 Å². The number of hydrogen-bond acceptors (Lipinski definition) is 3. The van der Waals surface area contributed by atoms with E-state index in [4.69, 9.17) is 9.47 Å². The molecule has 0 aliphatic rings. The Morgan fingerprint density at radius 1 is 0.941 bits per heavy atom. The van der Waals surface area contributed by atoms with Gasteiger partial charge in [0.15, 0.2) is 0 Å². The number of nitrogens with one attached hydrogen (secondary N) is 1. The third-order valence-corrected chi connectivity index (χ3v) is 2.94. The molecule has 0 aliphatic carbocycles. The predicted molar refractivity (Wildman–Crippen MR) is 73.5 cm³/mol. The lowest BCUT2D eigenvalue weighted by Crippen LogP contribution is -2.30. The van der Waals surface area contributed by atoms with Crippen LogP contribution in [0.1, 0.15) is 52.4 Å². The van der Waals surface area contributed by atoms with Crippen LogP contribution in [-0.4, -0.2) is 39.5 Å². The zero-order chi connectivity index (χ0) is 12.8. The van der Waals surface area contributed by atoms with Crippen LogP contribution in [0.5, 0.6) is 0 Å². The van der Waals surface area contributed by atoms with Gasteiger partial charge in [0.2, 0.25) is 0 Å². The fraction of sp³-hybridized carbons (Fsp3) is 1.00. The summed E-state index contributed by atoms with van der Waals surface area (Å²) in [6.45, 7) is 7.73. The molecule has 1 N–H and O–H groups in total. The fourth-order valence-corrected chi connectivity index (χ4v) is 1.92. The average Bonchev–Trinajstić information content (AvgIpc) is 2.34. The predicted octanol–water partition coefficient (Wildman–Crippen LogP) is 2.99. The maximum atomic E-state index is 5.51. The Bertz CT molecular complexity index is 142. The molecule has 0 saturated heterocycles. The summed E-state index contributed by atoms with van der Waals surface area (Å²) in [6, 6.07) is 0.624. The molecule has 0 heterocycles. The summed E-state index contributed by atoms with van der Waals surface area (Å²) in [7, 11) is 1.71. The summed E-state index contributed by atoms with van der Waals surface area (Å²) < 4.78 is 10.5. The molecule has 0 bridgehead atoms. The highest BCUT2D eigenvalue weighted by Crippen LogP contribution is 2.08. The average molecular weight is 245 g/mol. The Labute approximate surface area is 107 Å². The van der Waals surface area contributed by atoms with E-state index in [0.29, 0.717) is 19.3 Å². The molecule has 3 heteroatoms. The molecule has 0 aromatic rings. The summed E-state index contributed by atoms with van der Waals surface area (Å²) in [4.78, 5) is 0. The van der Waals surface area contributed by atoms with E-state index in [2.05, 4.69) is 19.2 Å². The van der Waals surface area contributed by atoms with Crippen molar-refractivity contribution in [3.05, 3.63) is 0 Å². The standard InChI is InChI=1S/C14H31NO2/c1-4-6-7-8-9-14(15-5-2)10-11-17-13-12-16-3/h14-15H,4-13H2,1-3H3. The number of rotatable bonds is 13. The highest BCUT2D eigenvalue weighted by Gasteiger charge is 2.06. The Balaban J connectivity index is 3.45. The van der Waals surface area contributed by atoms with E-state index in [1.807, 2.05) is 0 Å². The molecule has 0 saturated carbocycles. The monoisotopic (exact) mass is 245 g/mol. The van der Waals surface area contributed by atoms with Crippen molar-refractivity contribution in [3.63, 3.8) is 0 Å². The van der Waals surface area contributed by atoms with Crippen LogP contribution in [0.15, 0.2) is 0 Å². The maximum absolute atomic E-state index is 5.51. The first-order valence-electron chi connectivity index (χ1n) is 7.15. The van der Waals surface area contributed by atoms with Crippen molar-refractivity contribution in [1.29, 1.82) is 0 Å². The van der Waals surface area contributed by atoms with Gasteiger partial charge in [-0.15, -0.1) is 0 Å². The minimum atomic E-state index is 0.624. The smallest absolute Gasteiger partial charge is 0.0700 e. The normalized spacial score (nSPS) is 12.9. The fourth-order valence-electron chi connectivity index (χ4n) is 1.92. The van der Waals surface area contributed by atoms with Crippen LogP contribution in [0.4, 0.5) is 0 Å². The second kappa shape index (κ2) is 13.9. The van der Waals surface area contributed by atoms with Crippen LogP contribution in [0.25, 0.3) is 0 Å². The quantitative estimate of drug-likeness (QED) is 0.506. The minimum Gasteiger partial charge on any atom is -0.382 e. The Morgan fingerprint density at radius 3 is 2.41 bits per heavy atom. The van der Waals surface area contributed by atoms with E-state index in [9.17, 15) is 0 Å². The second-order valence-corrected chi connectivity index (χ2v) is 4.50. The molecule has 17 heavy (non-hydrogen) atoms. The Kier molecular flexibility index (Phi) is 13.8. The molecule has 0 rings (SSSR count). The number of ether oxygens (including phenoxy) is 2. The zero-order valence-corrected chi connectivity index (χ0v) is 12.0. The molecule has 0 amide bonds. The van der Waals surface area contributed by atoms with Crippen molar-refractivity contribution < 1.29 is 9.47 Å². The summed E-state index contributed by atoms with van der Waals surface area (Å²) in [5.41, 5.74) is 0. The lowest BCUT2D eigenvalue weighted by Gasteiger charge is -2.17. The SMILES string of the molecule is CCCCCCC(CCOCCOC)NCC. The molecule has 1 atom stereocenters. The van der Waals surface area contributed by atoms with Crippen LogP contribution in [0.2, 0.25) is 0 Å². The minimum absolute atomic E-state index is 0.624. The van der Waals surface area contributed by atoms with E-state index in [1.54, 1.807) is 7.11 Å². The third kappa shape index (κ3) is 12.1. The molecular weight excluding hydrogens is 214 g/mol. The van der Waals surface area contributed by atoms with Crippen LogP contribution in [0, 0.1) is 0 Å². The van der Waals surface area contributed by atoms with Crippen LogP contribution >= 0.6 is 0 Å². The van der Waals surface area contributed by atoms with Crippen molar-refractivity contribution in [2.24, 2.45) is 0 Å². The highest BCUT2D eigenvalue weighted by molar-refractivity contribution is 4.65. The van der Waals surface area contributed by atoms with Gasteiger partial charge in [0, 0.05) is 19.8 Å². The lowest BCUT2D eigenvalue weighted by atomic mass is 10.0. The van der Waals surface area contributed by atoms with Gasteiger partial charge in [-0.05, 0) is 19.4 Å². The topological polar surface area (TPSA) is 30.5 Å². The molecule has 0 radical (unpaired) electrons. The van der Waals surface area contributed by atoms with E-state index < -0.39 is 0 Å². The summed E-state index contributed by atoms with van der Waals surface area (Å²) in [5, 5.41) is 3.54. The van der Waals surface area contributed by atoms with Gasteiger partial charge in [-0.1, -0.05) is 39.5 Å². The van der Waals surface area contributed by atoms with Gasteiger partial charge in [0.05, 0.1) is 13.2 Å². The summed E-state index contributed by atoms with van der Waals surface area (Å²) in [6.07, 6.45) is 7.77. The first-order chi connectivity index (χ1) is 8.35. The van der Waals surface area contributed by atoms with Crippen molar-refractivity contribution in [2.45, 2.75) is 58.4 Å². The highest BCUT2D eigenvalue weighted by atomic mass is 16.5. The van der Waals surface area contributed by atoms with E-state index in [1.165, 1.54) is 32.1 Å². The van der Waals surface area contributed by atoms with E-state index in [0.717, 1.165) is 19.6 Å². The van der Waals surface area contributed by atoms with Crippen LogP contribution < -0.4 is 5.32 Å². The molecular formula is C14H31NO2. The molecule has 0 aromatic carbocycles. The van der Waals surface area contributed by atoms with Gasteiger partial charge in [0.1, 0.15) is 0 Å². The van der Waals surface area contributed by atoms with E-state index in [-0.39, 0.29) is 0 Å². The number of methoxy groups -OCH3 is 1. The van der Waals surface area contributed by atoms with Gasteiger partial charge in [-0.3, -0.25) is 0 Å². The number of unbranched alkanes of at least 4 members (excludes halogenated alkanes) is 3. The van der Waals surface area contributed by atoms with Crippen LogP contribution in [-0.2, 0) is 9.47 Å². The van der Waals surface area contributed by atoms with Crippen LogP contribution in [0.3, 0.4) is 0 Å². The molecule has 0 aliphatic heterocycles. The van der Waals surface area contributed by atoms with Crippen molar-refractivity contribution in [3.8, 4) is 0 Å². The molecule has 0 spiro atoms. The molecule has 104 valence electrons. The molecule has 3 nitrogen and oxygen atoms in total. The Morgan fingerprint density at radius 2 is 1.76 bits per heavy atom.